The molecule has 10 heteroatoms. The third-order valence-electron chi connectivity index (χ3n) is 3.89. The number of carbonyl (C=O) groups excluding carboxylic acids is 2. The lowest BCUT2D eigenvalue weighted by Gasteiger charge is -2.37. The standard InChI is InChI=1S/C13H20N2O8/c1-5-19-6(4-16)9-10(20-5)11-12(21-9)23-13(22-11)15-8(18)3-7(17)14-2/h5-6,9-13,16H,3-4H2,1-2H3,(H,14,17)(H,15,18). The number of rotatable bonds is 4. The maximum absolute atomic E-state index is 11.7. The van der Waals surface area contributed by atoms with Gasteiger partial charge in [-0.3, -0.25) is 9.59 Å². The molecule has 3 heterocycles. The molecule has 3 aliphatic rings. The summed E-state index contributed by atoms with van der Waals surface area (Å²) < 4.78 is 27.8. The van der Waals surface area contributed by atoms with Gasteiger partial charge < -0.3 is 39.4 Å². The quantitative estimate of drug-likeness (QED) is 0.495. The summed E-state index contributed by atoms with van der Waals surface area (Å²) in [7, 11) is 1.44. The maximum Gasteiger partial charge on any atom is 0.243 e. The van der Waals surface area contributed by atoms with Crippen molar-refractivity contribution in [2.75, 3.05) is 13.7 Å². The first-order chi connectivity index (χ1) is 11.0. The van der Waals surface area contributed by atoms with E-state index in [1.54, 1.807) is 6.92 Å². The fourth-order valence-corrected chi connectivity index (χ4v) is 2.86. The van der Waals surface area contributed by atoms with Crippen molar-refractivity contribution in [1.82, 2.24) is 10.6 Å². The summed E-state index contributed by atoms with van der Waals surface area (Å²) in [6.07, 6.45) is -4.64. The van der Waals surface area contributed by atoms with E-state index in [9.17, 15) is 14.7 Å². The molecule has 7 unspecified atom stereocenters. The molecule has 0 aromatic carbocycles. The highest BCUT2D eigenvalue weighted by Gasteiger charge is 2.58. The van der Waals surface area contributed by atoms with Crippen LogP contribution in [0.15, 0.2) is 0 Å². The van der Waals surface area contributed by atoms with Gasteiger partial charge in [0, 0.05) is 7.05 Å². The SMILES string of the molecule is CNC(=O)CC(=O)NC1OC2OC3C(CO)OC(C)OC3C2O1. The molecule has 0 aromatic rings. The molecule has 0 radical (unpaired) electrons. The molecule has 3 aliphatic heterocycles. The third kappa shape index (κ3) is 3.32. The Labute approximate surface area is 132 Å². The summed E-state index contributed by atoms with van der Waals surface area (Å²) in [5.74, 6) is -0.940. The molecule has 7 atom stereocenters. The number of aliphatic hydroxyl groups excluding tert-OH is 1. The van der Waals surface area contributed by atoms with Gasteiger partial charge in [-0.25, -0.2) is 0 Å². The van der Waals surface area contributed by atoms with Crippen LogP contribution in [0.4, 0.5) is 0 Å². The van der Waals surface area contributed by atoms with Crippen molar-refractivity contribution in [3.63, 3.8) is 0 Å². The van der Waals surface area contributed by atoms with Gasteiger partial charge in [-0.05, 0) is 6.92 Å². The number of aliphatic hydroxyl groups is 1. The Balaban J connectivity index is 1.57. The molecular weight excluding hydrogens is 312 g/mol. The van der Waals surface area contributed by atoms with Crippen LogP contribution in [-0.4, -0.2) is 74.0 Å². The summed E-state index contributed by atoms with van der Waals surface area (Å²) in [4.78, 5) is 22.8. The summed E-state index contributed by atoms with van der Waals surface area (Å²) in [5.41, 5.74) is 0. The normalized spacial score (nSPS) is 42.0. The lowest BCUT2D eigenvalue weighted by molar-refractivity contribution is -0.296. The molecule has 0 spiro atoms. The van der Waals surface area contributed by atoms with Crippen molar-refractivity contribution in [2.24, 2.45) is 0 Å². The van der Waals surface area contributed by atoms with E-state index in [4.69, 9.17) is 23.7 Å². The van der Waals surface area contributed by atoms with Crippen LogP contribution in [-0.2, 0) is 33.3 Å². The first-order valence-corrected chi connectivity index (χ1v) is 7.40. The molecule has 130 valence electrons. The molecule has 0 aromatic heterocycles. The van der Waals surface area contributed by atoms with E-state index >= 15 is 0 Å². The number of hydrogen-bond acceptors (Lipinski definition) is 8. The van der Waals surface area contributed by atoms with E-state index in [1.807, 2.05) is 0 Å². The number of hydrogen-bond donors (Lipinski definition) is 3. The van der Waals surface area contributed by atoms with Crippen molar-refractivity contribution in [3.05, 3.63) is 0 Å². The van der Waals surface area contributed by atoms with Gasteiger partial charge >= 0.3 is 0 Å². The Bertz CT molecular complexity index is 475. The second-order valence-electron chi connectivity index (χ2n) is 5.48. The predicted octanol–water partition coefficient (Wildman–Crippen LogP) is -2.22. The van der Waals surface area contributed by atoms with E-state index in [0.717, 1.165) is 0 Å². The lowest BCUT2D eigenvalue weighted by atomic mass is 10.0. The molecule has 0 aliphatic carbocycles. The van der Waals surface area contributed by atoms with Crippen LogP contribution >= 0.6 is 0 Å². The van der Waals surface area contributed by atoms with E-state index < -0.39 is 55.2 Å². The van der Waals surface area contributed by atoms with Crippen LogP contribution in [0.2, 0.25) is 0 Å². The Morgan fingerprint density at radius 2 is 1.78 bits per heavy atom. The van der Waals surface area contributed by atoms with E-state index in [0.29, 0.717) is 0 Å². The number of nitrogens with one attached hydrogen (secondary N) is 2. The lowest BCUT2D eigenvalue weighted by Crippen LogP contribution is -2.52. The first kappa shape index (κ1) is 16.6. The zero-order valence-corrected chi connectivity index (χ0v) is 12.8. The predicted molar refractivity (Wildman–Crippen MR) is 71.5 cm³/mol. The monoisotopic (exact) mass is 332 g/mol. The molecular formula is C13H20N2O8. The summed E-state index contributed by atoms with van der Waals surface area (Å²) in [5, 5.41) is 14.2. The topological polar surface area (TPSA) is 125 Å². The van der Waals surface area contributed by atoms with E-state index in [-0.39, 0.29) is 13.0 Å². The highest BCUT2D eigenvalue weighted by Crippen LogP contribution is 2.38. The molecule has 3 fully saturated rings. The van der Waals surface area contributed by atoms with E-state index in [2.05, 4.69) is 10.6 Å². The molecule has 3 N–H and O–H groups in total. The van der Waals surface area contributed by atoms with Crippen molar-refractivity contribution in [2.45, 2.75) is 56.8 Å². The van der Waals surface area contributed by atoms with Gasteiger partial charge in [-0.1, -0.05) is 0 Å². The average Bonchev–Trinajstić information content (AvgIpc) is 3.04. The van der Waals surface area contributed by atoms with Gasteiger partial charge in [0.05, 0.1) is 6.61 Å². The molecule has 2 amide bonds. The van der Waals surface area contributed by atoms with Gasteiger partial charge in [0.2, 0.25) is 18.2 Å². The summed E-state index contributed by atoms with van der Waals surface area (Å²) in [6, 6.07) is 0. The fraction of sp³-hybridized carbons (Fsp3) is 0.846. The molecule has 3 saturated heterocycles. The van der Waals surface area contributed by atoms with Gasteiger partial charge in [0.1, 0.15) is 30.8 Å². The molecule has 3 rings (SSSR count). The fourth-order valence-electron chi connectivity index (χ4n) is 2.86. The number of fused-ring (bicyclic) bond motifs is 3. The molecule has 23 heavy (non-hydrogen) atoms. The van der Waals surface area contributed by atoms with Crippen molar-refractivity contribution >= 4 is 11.8 Å². The second-order valence-corrected chi connectivity index (χ2v) is 5.48. The molecule has 0 bridgehead atoms. The Hall–Kier alpha value is -1.30. The zero-order chi connectivity index (χ0) is 16.6. The van der Waals surface area contributed by atoms with Gasteiger partial charge in [-0.2, -0.15) is 0 Å². The van der Waals surface area contributed by atoms with Crippen LogP contribution in [0.25, 0.3) is 0 Å². The van der Waals surface area contributed by atoms with Gasteiger partial charge in [0.25, 0.3) is 0 Å². The average molecular weight is 332 g/mol. The summed E-state index contributed by atoms with van der Waals surface area (Å²) >= 11 is 0. The number of carbonyl (C=O) groups is 2. The molecule has 10 nitrogen and oxygen atoms in total. The van der Waals surface area contributed by atoms with Crippen LogP contribution < -0.4 is 10.6 Å². The van der Waals surface area contributed by atoms with Gasteiger partial charge in [0.15, 0.2) is 12.6 Å². The van der Waals surface area contributed by atoms with Crippen molar-refractivity contribution in [3.8, 4) is 0 Å². The Morgan fingerprint density at radius 3 is 2.48 bits per heavy atom. The smallest absolute Gasteiger partial charge is 0.243 e. The van der Waals surface area contributed by atoms with Crippen LogP contribution in [0.1, 0.15) is 13.3 Å². The minimum atomic E-state index is -1.02. The number of ether oxygens (including phenoxy) is 5. The highest BCUT2D eigenvalue weighted by molar-refractivity contribution is 5.96. The minimum absolute atomic E-state index is 0.208. The van der Waals surface area contributed by atoms with Crippen molar-refractivity contribution in [1.29, 1.82) is 0 Å². The first-order valence-electron chi connectivity index (χ1n) is 7.40. The summed E-state index contributed by atoms with van der Waals surface area (Å²) in [6.45, 7) is 1.51. The minimum Gasteiger partial charge on any atom is -0.394 e. The van der Waals surface area contributed by atoms with Crippen LogP contribution in [0.3, 0.4) is 0 Å². The maximum atomic E-state index is 11.7. The molecule has 0 saturated carbocycles. The third-order valence-corrected chi connectivity index (χ3v) is 3.89. The van der Waals surface area contributed by atoms with Crippen molar-refractivity contribution < 1.29 is 38.4 Å². The highest BCUT2D eigenvalue weighted by atomic mass is 16.9. The second kappa shape index (κ2) is 6.67. The zero-order valence-electron chi connectivity index (χ0n) is 12.8. The van der Waals surface area contributed by atoms with Gasteiger partial charge in [-0.15, -0.1) is 0 Å². The van der Waals surface area contributed by atoms with E-state index in [1.165, 1.54) is 7.05 Å². The van der Waals surface area contributed by atoms with Crippen LogP contribution in [0, 0.1) is 0 Å². The van der Waals surface area contributed by atoms with Crippen LogP contribution in [0.5, 0.6) is 0 Å². The number of amides is 2. The largest absolute Gasteiger partial charge is 0.394 e. The Morgan fingerprint density at radius 1 is 1.00 bits per heavy atom. The Kier molecular flexibility index (Phi) is 4.80.